The first-order valence-electron chi connectivity index (χ1n) is 9.71. The summed E-state index contributed by atoms with van der Waals surface area (Å²) in [6, 6.07) is 5.90. The molecule has 2 aromatic rings. The first kappa shape index (κ1) is 18.9. The molecule has 0 bridgehead atoms. The third kappa shape index (κ3) is 4.35. The van der Waals surface area contributed by atoms with Gasteiger partial charge in [-0.25, -0.2) is 9.78 Å². The molecule has 150 valence electrons. The molecule has 2 fully saturated rings. The molecule has 8 nitrogen and oxygen atoms in total. The van der Waals surface area contributed by atoms with Gasteiger partial charge in [0.2, 0.25) is 0 Å². The number of rotatable bonds is 5. The molecule has 0 radical (unpaired) electrons. The molecular weight excluding hydrogens is 360 g/mol. The fourth-order valence-corrected chi connectivity index (χ4v) is 3.69. The maximum Gasteiger partial charge on any atom is 0.343 e. The Hall–Kier alpha value is -2.42. The highest BCUT2D eigenvalue weighted by Crippen LogP contribution is 2.23. The Labute approximate surface area is 163 Å². The van der Waals surface area contributed by atoms with Crippen molar-refractivity contribution < 1.29 is 14.3 Å². The van der Waals surface area contributed by atoms with Crippen LogP contribution in [0.5, 0.6) is 5.75 Å². The minimum absolute atomic E-state index is 0.0647. The van der Waals surface area contributed by atoms with Crippen LogP contribution in [0, 0.1) is 0 Å². The van der Waals surface area contributed by atoms with Crippen molar-refractivity contribution in [2.45, 2.75) is 13.1 Å². The van der Waals surface area contributed by atoms with Crippen LogP contribution >= 0.6 is 0 Å². The molecule has 2 saturated heterocycles. The lowest BCUT2D eigenvalue weighted by Crippen LogP contribution is -2.46. The van der Waals surface area contributed by atoms with E-state index >= 15 is 0 Å². The Morgan fingerprint density at radius 3 is 2.46 bits per heavy atom. The summed E-state index contributed by atoms with van der Waals surface area (Å²) < 4.78 is 10.6. The Bertz CT molecular complexity index is 828. The summed E-state index contributed by atoms with van der Waals surface area (Å²) in [4.78, 5) is 23.2. The molecule has 2 aromatic heterocycles. The Morgan fingerprint density at radius 2 is 1.75 bits per heavy atom. The van der Waals surface area contributed by atoms with Crippen LogP contribution in [0.3, 0.4) is 0 Å². The van der Waals surface area contributed by atoms with E-state index < -0.39 is 5.63 Å². The van der Waals surface area contributed by atoms with E-state index in [2.05, 4.69) is 19.7 Å². The number of anilines is 1. The van der Waals surface area contributed by atoms with Gasteiger partial charge in [0.1, 0.15) is 17.8 Å². The normalized spacial score (nSPS) is 19.1. The van der Waals surface area contributed by atoms with Gasteiger partial charge in [0, 0.05) is 64.1 Å². The van der Waals surface area contributed by atoms with Crippen LogP contribution in [0.4, 0.5) is 5.82 Å². The summed E-state index contributed by atoms with van der Waals surface area (Å²) in [6.45, 7) is 7.18. The smallest absolute Gasteiger partial charge is 0.343 e. The molecule has 0 aromatic carbocycles. The SMILES string of the molecule is O=c1occ(CN2CCOCC2)c(O)c1CN1CCN(c2ccccn2)CC1. The van der Waals surface area contributed by atoms with Crippen LogP contribution < -0.4 is 10.5 Å². The maximum absolute atomic E-state index is 12.2. The molecule has 0 spiro atoms. The Morgan fingerprint density at radius 1 is 1.00 bits per heavy atom. The molecule has 0 unspecified atom stereocenters. The van der Waals surface area contributed by atoms with Gasteiger partial charge in [-0.05, 0) is 12.1 Å². The number of aromatic nitrogens is 1. The summed E-state index contributed by atoms with van der Waals surface area (Å²) in [5.41, 5.74) is 0.538. The number of nitrogens with zero attached hydrogens (tertiary/aromatic N) is 4. The second kappa shape index (κ2) is 8.72. The highest BCUT2D eigenvalue weighted by atomic mass is 16.5. The first-order chi connectivity index (χ1) is 13.7. The number of ether oxygens (including phenoxy) is 1. The van der Waals surface area contributed by atoms with Gasteiger partial charge in [0.15, 0.2) is 0 Å². The zero-order valence-electron chi connectivity index (χ0n) is 15.9. The zero-order chi connectivity index (χ0) is 19.3. The van der Waals surface area contributed by atoms with Crippen molar-refractivity contribution in [3.05, 3.63) is 52.2 Å². The quantitative estimate of drug-likeness (QED) is 0.812. The Kier molecular flexibility index (Phi) is 5.90. The van der Waals surface area contributed by atoms with Crippen molar-refractivity contribution in [3.63, 3.8) is 0 Å². The zero-order valence-corrected chi connectivity index (χ0v) is 15.9. The Balaban J connectivity index is 1.40. The van der Waals surface area contributed by atoms with Crippen molar-refractivity contribution in [1.29, 1.82) is 0 Å². The van der Waals surface area contributed by atoms with Crippen molar-refractivity contribution in [2.24, 2.45) is 0 Å². The summed E-state index contributed by atoms with van der Waals surface area (Å²) in [7, 11) is 0. The second-order valence-electron chi connectivity index (χ2n) is 7.22. The molecule has 0 amide bonds. The van der Waals surface area contributed by atoms with Crippen LogP contribution in [0.2, 0.25) is 0 Å². The number of piperazine rings is 1. The highest BCUT2D eigenvalue weighted by molar-refractivity contribution is 5.39. The fraction of sp³-hybridized carbons (Fsp3) is 0.500. The molecule has 4 heterocycles. The summed E-state index contributed by atoms with van der Waals surface area (Å²) in [6.07, 6.45) is 3.18. The molecule has 2 aliphatic heterocycles. The third-order valence-electron chi connectivity index (χ3n) is 5.37. The van der Waals surface area contributed by atoms with Gasteiger partial charge in [0.05, 0.1) is 18.8 Å². The van der Waals surface area contributed by atoms with E-state index in [1.807, 2.05) is 18.2 Å². The first-order valence-corrected chi connectivity index (χ1v) is 9.71. The van der Waals surface area contributed by atoms with E-state index in [0.717, 1.165) is 45.1 Å². The van der Waals surface area contributed by atoms with Gasteiger partial charge >= 0.3 is 5.63 Å². The minimum Gasteiger partial charge on any atom is -0.507 e. The predicted octanol–water partition coefficient (Wildman–Crippen LogP) is 0.895. The van der Waals surface area contributed by atoms with Crippen molar-refractivity contribution >= 4 is 5.82 Å². The van der Waals surface area contributed by atoms with Crippen LogP contribution in [0.15, 0.2) is 39.9 Å². The van der Waals surface area contributed by atoms with Gasteiger partial charge in [-0.1, -0.05) is 6.07 Å². The highest BCUT2D eigenvalue weighted by Gasteiger charge is 2.23. The molecule has 4 rings (SSSR count). The molecule has 8 heteroatoms. The van der Waals surface area contributed by atoms with Crippen LogP contribution in [-0.4, -0.2) is 72.4 Å². The topological polar surface area (TPSA) is 82.3 Å². The average Bonchev–Trinajstić information content (AvgIpc) is 2.75. The lowest BCUT2D eigenvalue weighted by Gasteiger charge is -2.35. The van der Waals surface area contributed by atoms with Crippen LogP contribution in [-0.2, 0) is 17.8 Å². The second-order valence-corrected chi connectivity index (χ2v) is 7.22. The standard InChI is InChI=1S/C20H26N4O4/c25-19-16(13-23-9-11-27-12-10-23)15-28-20(26)17(19)14-22-5-7-24(8-6-22)18-3-1-2-4-21-18/h1-4,15,25H,5-14H2. The van der Waals surface area contributed by atoms with Gasteiger partial charge < -0.3 is 19.2 Å². The monoisotopic (exact) mass is 386 g/mol. The molecule has 1 N–H and O–H groups in total. The lowest BCUT2D eigenvalue weighted by molar-refractivity contribution is 0.0335. The van der Waals surface area contributed by atoms with Crippen LogP contribution in [0.1, 0.15) is 11.1 Å². The van der Waals surface area contributed by atoms with Gasteiger partial charge in [-0.3, -0.25) is 9.80 Å². The van der Waals surface area contributed by atoms with Crippen molar-refractivity contribution in [2.75, 3.05) is 57.4 Å². The minimum atomic E-state index is -0.463. The third-order valence-corrected chi connectivity index (χ3v) is 5.37. The van der Waals surface area contributed by atoms with Crippen LogP contribution in [0.25, 0.3) is 0 Å². The molecule has 28 heavy (non-hydrogen) atoms. The van der Waals surface area contributed by atoms with E-state index in [9.17, 15) is 9.90 Å². The molecule has 0 atom stereocenters. The summed E-state index contributed by atoms with van der Waals surface area (Å²) in [5, 5.41) is 10.7. The van der Waals surface area contributed by atoms with E-state index in [1.165, 1.54) is 6.26 Å². The van der Waals surface area contributed by atoms with Gasteiger partial charge in [-0.15, -0.1) is 0 Å². The number of pyridine rings is 1. The van der Waals surface area contributed by atoms with E-state index in [0.29, 0.717) is 37.4 Å². The van der Waals surface area contributed by atoms with E-state index in [1.54, 1.807) is 6.20 Å². The molecule has 0 aliphatic carbocycles. The van der Waals surface area contributed by atoms with E-state index in [-0.39, 0.29) is 5.75 Å². The van der Waals surface area contributed by atoms with Gasteiger partial charge in [0.25, 0.3) is 0 Å². The number of aromatic hydroxyl groups is 1. The summed E-state index contributed by atoms with van der Waals surface area (Å²) in [5.74, 6) is 1.03. The number of morpholine rings is 1. The predicted molar refractivity (Wildman–Crippen MR) is 104 cm³/mol. The van der Waals surface area contributed by atoms with Crippen molar-refractivity contribution in [3.8, 4) is 5.75 Å². The average molecular weight is 386 g/mol. The maximum atomic E-state index is 12.2. The fourth-order valence-electron chi connectivity index (χ4n) is 3.69. The van der Waals surface area contributed by atoms with E-state index in [4.69, 9.17) is 9.15 Å². The van der Waals surface area contributed by atoms with Gasteiger partial charge in [-0.2, -0.15) is 0 Å². The number of hydrogen-bond donors (Lipinski definition) is 1. The molecular formula is C20H26N4O4. The summed E-state index contributed by atoms with van der Waals surface area (Å²) >= 11 is 0. The number of hydrogen-bond acceptors (Lipinski definition) is 8. The van der Waals surface area contributed by atoms with Crippen molar-refractivity contribution in [1.82, 2.24) is 14.8 Å². The molecule has 2 aliphatic rings. The molecule has 0 saturated carbocycles. The lowest BCUT2D eigenvalue weighted by atomic mass is 10.1. The largest absolute Gasteiger partial charge is 0.507 e.